The number of thioether (sulfide) groups is 2. The molecule has 0 radical (unpaired) electrons. The van der Waals surface area contributed by atoms with Crippen molar-refractivity contribution in [3.63, 3.8) is 0 Å². The van der Waals surface area contributed by atoms with Crippen molar-refractivity contribution < 1.29 is 19.8 Å². The van der Waals surface area contributed by atoms with Crippen LogP contribution >= 0.6 is 23.5 Å². The van der Waals surface area contributed by atoms with Crippen molar-refractivity contribution >= 4 is 35.4 Å². The molecule has 0 unspecified atom stereocenters. The molecule has 23 heavy (non-hydrogen) atoms. The minimum Gasteiger partial charge on any atom is -0.477 e. The van der Waals surface area contributed by atoms with Crippen LogP contribution < -0.4 is 0 Å². The number of fused-ring (bicyclic) bond motifs is 1. The third kappa shape index (κ3) is 3.11. The molecule has 8 heteroatoms. The summed E-state index contributed by atoms with van der Waals surface area (Å²) in [5.41, 5.74) is 0.0949. The van der Waals surface area contributed by atoms with E-state index < -0.39 is 11.9 Å². The Kier molecular flexibility index (Phi) is 4.93. The fourth-order valence-corrected chi connectivity index (χ4v) is 4.98. The Hall–Kier alpha value is -1.51. The van der Waals surface area contributed by atoms with Gasteiger partial charge in [-0.05, 0) is 30.7 Å². The van der Waals surface area contributed by atoms with E-state index >= 15 is 0 Å². The van der Waals surface area contributed by atoms with Crippen LogP contribution in [-0.4, -0.2) is 49.7 Å². The number of β-lactam (4-membered cyclic amide) rings is 1. The van der Waals surface area contributed by atoms with Gasteiger partial charge in [-0.2, -0.15) is 0 Å². The second-order valence-electron chi connectivity index (χ2n) is 5.20. The van der Waals surface area contributed by atoms with Crippen molar-refractivity contribution in [2.45, 2.75) is 23.2 Å². The van der Waals surface area contributed by atoms with Crippen molar-refractivity contribution in [1.29, 1.82) is 0 Å². The van der Waals surface area contributed by atoms with Gasteiger partial charge in [0.1, 0.15) is 11.1 Å². The first-order valence-corrected chi connectivity index (χ1v) is 9.11. The van der Waals surface area contributed by atoms with Gasteiger partial charge in [0, 0.05) is 11.1 Å². The van der Waals surface area contributed by atoms with Gasteiger partial charge in [-0.25, -0.2) is 9.78 Å². The summed E-state index contributed by atoms with van der Waals surface area (Å²) in [6.45, 7) is -0.233. The number of rotatable bonds is 7. The van der Waals surface area contributed by atoms with Gasteiger partial charge in [0.05, 0.1) is 17.6 Å². The molecule has 3 rings (SSSR count). The van der Waals surface area contributed by atoms with Crippen LogP contribution in [-0.2, 0) is 9.59 Å². The Morgan fingerprint density at radius 2 is 2.26 bits per heavy atom. The zero-order valence-corrected chi connectivity index (χ0v) is 13.8. The van der Waals surface area contributed by atoms with E-state index in [2.05, 4.69) is 4.98 Å². The van der Waals surface area contributed by atoms with Gasteiger partial charge in [0.25, 0.3) is 0 Å². The molecule has 0 saturated carbocycles. The predicted octanol–water partition coefficient (Wildman–Crippen LogP) is 1.77. The molecule has 0 bridgehead atoms. The van der Waals surface area contributed by atoms with Crippen LogP contribution in [0.1, 0.15) is 12.8 Å². The second kappa shape index (κ2) is 6.94. The molecule has 0 aliphatic carbocycles. The maximum Gasteiger partial charge on any atom is 0.353 e. The summed E-state index contributed by atoms with van der Waals surface area (Å²) in [4.78, 5) is 29.6. The van der Waals surface area contributed by atoms with E-state index in [9.17, 15) is 19.8 Å². The average Bonchev–Trinajstić information content (AvgIpc) is 2.88. The Balaban J connectivity index is 1.59. The van der Waals surface area contributed by atoms with Crippen LogP contribution in [0.5, 0.6) is 0 Å². The van der Waals surface area contributed by atoms with Gasteiger partial charge in [-0.15, -0.1) is 23.5 Å². The van der Waals surface area contributed by atoms with Gasteiger partial charge in [0.15, 0.2) is 0 Å². The lowest BCUT2D eigenvalue weighted by Crippen LogP contribution is -2.58. The van der Waals surface area contributed by atoms with Gasteiger partial charge in [0.2, 0.25) is 5.91 Å². The predicted molar refractivity (Wildman–Crippen MR) is 87.7 cm³/mol. The van der Waals surface area contributed by atoms with Crippen molar-refractivity contribution in [2.75, 3.05) is 12.4 Å². The first-order valence-electron chi connectivity index (χ1n) is 7.24. The fraction of sp³-hybridized carbons (Fsp3) is 0.400. The SMILES string of the molecule is O=C(O)C1=C(CCCSc2ccccn2)S[C@@H]2[C@@H](CO)C(=O)N12. The number of hydrogen-bond acceptors (Lipinski definition) is 6. The zero-order chi connectivity index (χ0) is 16.4. The first kappa shape index (κ1) is 16.4. The molecule has 122 valence electrons. The summed E-state index contributed by atoms with van der Waals surface area (Å²) >= 11 is 3.02. The zero-order valence-electron chi connectivity index (χ0n) is 12.2. The molecule has 1 saturated heterocycles. The summed E-state index contributed by atoms with van der Waals surface area (Å²) in [6.07, 6.45) is 3.16. The lowest BCUT2D eigenvalue weighted by Gasteiger charge is -2.41. The normalized spacial score (nSPS) is 23.0. The number of hydrogen-bond donors (Lipinski definition) is 2. The summed E-state index contributed by atoms with van der Waals surface area (Å²) in [5, 5.41) is 19.3. The third-order valence-electron chi connectivity index (χ3n) is 3.76. The molecule has 6 nitrogen and oxygen atoms in total. The van der Waals surface area contributed by atoms with Crippen LogP contribution in [0.4, 0.5) is 0 Å². The van der Waals surface area contributed by atoms with Gasteiger partial charge >= 0.3 is 5.97 Å². The van der Waals surface area contributed by atoms with E-state index in [-0.39, 0.29) is 23.6 Å². The Bertz CT molecular complexity index is 650. The molecule has 2 aliphatic heterocycles. The standard InChI is InChI=1S/C15H16N2O4S2/c18-8-9-13(19)17-12(15(20)21)10(23-14(9)17)4-3-7-22-11-5-1-2-6-16-11/h1-2,5-6,9,14,18H,3-4,7-8H2,(H,20,21)/t9-,14+/m0/s1. The quantitative estimate of drug-likeness (QED) is 0.439. The van der Waals surface area contributed by atoms with Crippen LogP contribution in [0.2, 0.25) is 0 Å². The number of amides is 1. The van der Waals surface area contributed by atoms with E-state index in [1.54, 1.807) is 18.0 Å². The molecule has 1 amide bonds. The van der Waals surface area contributed by atoms with Gasteiger partial charge in [-0.3, -0.25) is 9.69 Å². The number of aromatic nitrogens is 1. The molecule has 1 fully saturated rings. The van der Waals surface area contributed by atoms with E-state index in [0.29, 0.717) is 6.42 Å². The van der Waals surface area contributed by atoms with Crippen LogP contribution in [0.3, 0.4) is 0 Å². The van der Waals surface area contributed by atoms with Crippen LogP contribution in [0, 0.1) is 5.92 Å². The van der Waals surface area contributed by atoms with Crippen molar-refractivity contribution in [1.82, 2.24) is 9.88 Å². The van der Waals surface area contributed by atoms with Crippen LogP contribution in [0.25, 0.3) is 0 Å². The van der Waals surface area contributed by atoms with Gasteiger partial charge < -0.3 is 10.2 Å². The number of aliphatic carboxylic acids is 1. The molecule has 0 spiro atoms. The molecule has 3 heterocycles. The van der Waals surface area contributed by atoms with E-state index in [0.717, 1.165) is 22.1 Å². The molecule has 1 aromatic rings. The van der Waals surface area contributed by atoms with Gasteiger partial charge in [-0.1, -0.05) is 6.07 Å². The fourth-order valence-electron chi connectivity index (χ4n) is 2.64. The topological polar surface area (TPSA) is 90.7 Å². The number of nitrogens with zero attached hydrogens (tertiary/aromatic N) is 2. The van der Waals surface area contributed by atoms with Crippen molar-refractivity contribution in [3.05, 3.63) is 35.0 Å². The average molecular weight is 352 g/mol. The number of carbonyl (C=O) groups is 2. The monoisotopic (exact) mass is 352 g/mol. The Labute approximate surface area is 142 Å². The largest absolute Gasteiger partial charge is 0.477 e. The summed E-state index contributed by atoms with van der Waals surface area (Å²) in [6, 6.07) is 5.73. The summed E-state index contributed by atoms with van der Waals surface area (Å²) in [7, 11) is 0. The molecular weight excluding hydrogens is 336 g/mol. The van der Waals surface area contributed by atoms with Crippen molar-refractivity contribution in [2.24, 2.45) is 5.92 Å². The first-order chi connectivity index (χ1) is 11.1. The highest BCUT2D eigenvalue weighted by Crippen LogP contribution is 2.50. The lowest BCUT2D eigenvalue weighted by atomic mass is 9.98. The Morgan fingerprint density at radius 3 is 2.91 bits per heavy atom. The van der Waals surface area contributed by atoms with Crippen molar-refractivity contribution in [3.8, 4) is 0 Å². The minimum atomic E-state index is -1.07. The van der Waals surface area contributed by atoms with E-state index in [1.807, 2.05) is 18.2 Å². The van der Waals surface area contributed by atoms with E-state index in [4.69, 9.17) is 0 Å². The number of carboxylic acid groups (broad SMARTS) is 1. The molecular formula is C15H16N2O4S2. The lowest BCUT2D eigenvalue weighted by molar-refractivity contribution is -0.153. The molecule has 2 aliphatic rings. The molecule has 1 aromatic heterocycles. The second-order valence-corrected chi connectivity index (χ2v) is 7.53. The highest BCUT2D eigenvalue weighted by molar-refractivity contribution is 8.04. The number of allylic oxidation sites excluding steroid dienone is 1. The van der Waals surface area contributed by atoms with E-state index in [1.165, 1.54) is 16.7 Å². The maximum absolute atomic E-state index is 11.9. The molecule has 0 aromatic carbocycles. The highest BCUT2D eigenvalue weighted by atomic mass is 32.2. The molecule has 2 N–H and O–H groups in total. The number of carbonyl (C=O) groups excluding carboxylic acids is 1. The number of aliphatic hydroxyl groups is 1. The number of carboxylic acids is 1. The summed E-state index contributed by atoms with van der Waals surface area (Å²) < 4.78 is 0. The number of aliphatic hydroxyl groups excluding tert-OH is 1. The molecule has 2 atom stereocenters. The van der Waals surface area contributed by atoms with Crippen LogP contribution in [0.15, 0.2) is 40.0 Å². The third-order valence-corrected chi connectivity index (χ3v) is 6.25. The number of pyridine rings is 1. The summed E-state index contributed by atoms with van der Waals surface area (Å²) in [5.74, 6) is -1.01. The highest BCUT2D eigenvalue weighted by Gasteiger charge is 2.55. The Morgan fingerprint density at radius 1 is 1.43 bits per heavy atom. The maximum atomic E-state index is 11.9. The smallest absolute Gasteiger partial charge is 0.353 e. The minimum absolute atomic E-state index is 0.0949.